The van der Waals surface area contributed by atoms with Crippen molar-refractivity contribution in [2.75, 3.05) is 26.7 Å². The predicted octanol–water partition coefficient (Wildman–Crippen LogP) is 3.35. The van der Waals surface area contributed by atoms with Gasteiger partial charge in [-0.3, -0.25) is 14.8 Å². The molecule has 5 N–H and O–H groups in total. The lowest BCUT2D eigenvalue weighted by atomic mass is 9.96. The van der Waals surface area contributed by atoms with Gasteiger partial charge in [0.1, 0.15) is 11.5 Å². The van der Waals surface area contributed by atoms with Crippen LogP contribution >= 0.6 is 0 Å². The van der Waals surface area contributed by atoms with Gasteiger partial charge in [0.05, 0.1) is 19.2 Å². The number of hydrogen-bond donors (Lipinski definition) is 3. The Morgan fingerprint density at radius 3 is 2.51 bits per heavy atom. The molecule has 2 aromatic heterocycles. The summed E-state index contributed by atoms with van der Waals surface area (Å²) in [6.07, 6.45) is 1.88. The van der Waals surface area contributed by atoms with Gasteiger partial charge in [0.15, 0.2) is 5.69 Å². The quantitative estimate of drug-likeness (QED) is 0.331. The van der Waals surface area contributed by atoms with E-state index in [0.29, 0.717) is 30.5 Å². The van der Waals surface area contributed by atoms with Gasteiger partial charge >= 0.3 is 5.97 Å². The number of benzene rings is 2. The molecule has 0 atom stereocenters. The second-order valence-corrected chi connectivity index (χ2v) is 9.06. The average Bonchev–Trinajstić information content (AvgIpc) is 3.55. The van der Waals surface area contributed by atoms with Gasteiger partial charge in [-0.05, 0) is 79.4 Å². The van der Waals surface area contributed by atoms with E-state index in [0.717, 1.165) is 53.7 Å². The van der Waals surface area contributed by atoms with E-state index in [1.165, 1.54) is 6.07 Å². The minimum Gasteiger partial charge on any atom is -0.497 e. The van der Waals surface area contributed by atoms with Crippen molar-refractivity contribution in [2.45, 2.75) is 19.4 Å². The number of hydrogen-bond acceptors (Lipinski definition) is 6. The molecule has 1 amide bonds. The van der Waals surface area contributed by atoms with Gasteiger partial charge in [0, 0.05) is 11.9 Å². The number of aromatic nitrogens is 2. The van der Waals surface area contributed by atoms with Crippen LogP contribution in [-0.4, -0.2) is 64.3 Å². The molecule has 0 bridgehead atoms. The van der Waals surface area contributed by atoms with Crippen LogP contribution in [0.4, 0.5) is 0 Å². The van der Waals surface area contributed by atoms with Crippen LogP contribution < -0.4 is 10.1 Å². The first-order chi connectivity index (χ1) is 17.5. The van der Waals surface area contributed by atoms with E-state index in [1.807, 2.05) is 42.5 Å². The fraction of sp³-hybridized carbons (Fsp3) is 0.296. The smallest absolute Gasteiger partial charge is 0.371 e. The van der Waals surface area contributed by atoms with Gasteiger partial charge in [0.2, 0.25) is 5.76 Å². The zero-order valence-electron chi connectivity index (χ0n) is 20.5. The topological polar surface area (TPSA) is 152 Å². The van der Waals surface area contributed by atoms with E-state index in [9.17, 15) is 9.59 Å². The molecule has 10 heteroatoms. The monoisotopic (exact) mass is 506 g/mol. The summed E-state index contributed by atoms with van der Waals surface area (Å²) in [5.41, 5.74) is 3.24. The third kappa shape index (κ3) is 5.82. The summed E-state index contributed by atoms with van der Waals surface area (Å²) in [6, 6.07) is 16.9. The molecule has 10 nitrogen and oxygen atoms in total. The first-order valence-electron chi connectivity index (χ1n) is 12.0. The van der Waals surface area contributed by atoms with Crippen molar-refractivity contribution in [3.63, 3.8) is 0 Å². The second kappa shape index (κ2) is 11.3. The van der Waals surface area contributed by atoms with Crippen LogP contribution in [0, 0.1) is 5.92 Å². The fourth-order valence-corrected chi connectivity index (χ4v) is 4.62. The van der Waals surface area contributed by atoms with Crippen molar-refractivity contribution in [1.29, 1.82) is 0 Å². The lowest BCUT2D eigenvalue weighted by Gasteiger charge is -2.31. The molecule has 1 aliphatic heterocycles. The molecule has 4 aromatic rings. The number of aromatic carboxylic acids is 1. The van der Waals surface area contributed by atoms with Crippen LogP contribution in [0.25, 0.3) is 22.0 Å². The number of aromatic amines is 1. The Bertz CT molecular complexity index is 1370. The van der Waals surface area contributed by atoms with Crippen LogP contribution in [0.2, 0.25) is 0 Å². The molecule has 1 fully saturated rings. The third-order valence-electron chi connectivity index (χ3n) is 6.71. The van der Waals surface area contributed by atoms with E-state index >= 15 is 0 Å². The minimum absolute atomic E-state index is 0. The number of nitrogens with zero attached hydrogens (tertiary/aromatic N) is 2. The lowest BCUT2D eigenvalue weighted by Crippen LogP contribution is -2.38. The van der Waals surface area contributed by atoms with Crippen LogP contribution in [-0.2, 0) is 6.54 Å². The van der Waals surface area contributed by atoms with E-state index in [1.54, 1.807) is 13.2 Å². The zero-order valence-corrected chi connectivity index (χ0v) is 20.5. The number of ether oxygens (including phenoxy) is 1. The number of furan rings is 1. The van der Waals surface area contributed by atoms with Crippen LogP contribution in [0.1, 0.15) is 39.6 Å². The number of amides is 1. The molecule has 0 spiro atoms. The van der Waals surface area contributed by atoms with Gasteiger partial charge in [-0.1, -0.05) is 18.2 Å². The number of piperidine rings is 1. The van der Waals surface area contributed by atoms with Gasteiger partial charge in [-0.15, -0.1) is 0 Å². The molecule has 194 valence electrons. The maximum absolute atomic E-state index is 13.0. The van der Waals surface area contributed by atoms with Crippen molar-refractivity contribution in [2.24, 2.45) is 5.92 Å². The number of likely N-dealkylation sites (tertiary alicyclic amines) is 1. The molecule has 37 heavy (non-hydrogen) atoms. The number of carbonyl (C=O) groups is 2. The summed E-state index contributed by atoms with van der Waals surface area (Å²) in [6.45, 7) is 2.89. The number of H-pyrrole nitrogens is 1. The molecule has 0 radical (unpaired) electrons. The lowest BCUT2D eigenvalue weighted by molar-refractivity contribution is 0.0656. The number of fused-ring (bicyclic) bond motifs is 1. The van der Waals surface area contributed by atoms with Crippen molar-refractivity contribution >= 4 is 22.8 Å². The number of nitrogens with one attached hydrogen (secondary N) is 2. The Kier molecular flexibility index (Phi) is 7.90. The summed E-state index contributed by atoms with van der Waals surface area (Å²) in [4.78, 5) is 26.2. The Balaban J connectivity index is 0.00000320. The van der Waals surface area contributed by atoms with E-state index < -0.39 is 5.97 Å². The first-order valence-corrected chi connectivity index (χ1v) is 12.0. The highest BCUT2D eigenvalue weighted by Crippen LogP contribution is 2.27. The molecule has 5 rings (SSSR count). The normalized spacial score (nSPS) is 14.3. The molecule has 1 aliphatic rings. The highest BCUT2D eigenvalue weighted by molar-refractivity contribution is 6.05. The maximum Gasteiger partial charge on any atom is 0.371 e. The van der Waals surface area contributed by atoms with E-state index in [-0.39, 0.29) is 17.1 Å². The van der Waals surface area contributed by atoms with E-state index in [4.69, 9.17) is 14.3 Å². The number of carboxylic acids is 1. The molecule has 2 aromatic carbocycles. The first kappa shape index (κ1) is 25.9. The maximum atomic E-state index is 13.0. The summed E-state index contributed by atoms with van der Waals surface area (Å²) in [5, 5.41) is 20.1. The molecule has 0 unspecified atom stereocenters. The molecular formula is C27H30N4O6. The zero-order chi connectivity index (χ0) is 25.1. The van der Waals surface area contributed by atoms with Crippen LogP contribution in [0.15, 0.2) is 59.0 Å². The molecule has 3 heterocycles. The Labute approximate surface area is 213 Å². The SMILES string of the molecule is COc1ccc(-c2ccc3[nH]nc(C(=O)NCC4CCN(Cc5ccc(C(=O)O)o5)CC4)c3c2)cc1.O. The highest BCUT2D eigenvalue weighted by atomic mass is 16.5. The van der Waals surface area contributed by atoms with Gasteiger partial charge in [-0.25, -0.2) is 4.79 Å². The van der Waals surface area contributed by atoms with Crippen molar-refractivity contribution in [3.8, 4) is 16.9 Å². The molecule has 1 saturated heterocycles. The second-order valence-electron chi connectivity index (χ2n) is 9.06. The van der Waals surface area contributed by atoms with Crippen LogP contribution in [0.3, 0.4) is 0 Å². The van der Waals surface area contributed by atoms with Crippen LogP contribution in [0.5, 0.6) is 5.75 Å². The minimum atomic E-state index is -1.06. The standard InChI is InChI=1S/C27H28N4O5.H2O/c1-35-20-5-2-18(3-6-20)19-4-8-23-22(14-19)25(30-29-23)26(32)28-15-17-10-12-31(13-11-17)16-21-7-9-24(36-21)27(33)34;/h2-9,14,17H,10-13,15-16H2,1H3,(H,28,32)(H,29,30)(H,33,34);1H2. The summed E-state index contributed by atoms with van der Waals surface area (Å²) < 4.78 is 10.6. The third-order valence-corrected chi connectivity index (χ3v) is 6.71. The Morgan fingerprint density at radius 1 is 1.11 bits per heavy atom. The molecular weight excluding hydrogens is 476 g/mol. The molecule has 0 aliphatic carbocycles. The average molecular weight is 507 g/mol. The van der Waals surface area contributed by atoms with Gasteiger partial charge < -0.3 is 25.1 Å². The number of carboxylic acid groups (broad SMARTS) is 1. The van der Waals surface area contributed by atoms with Gasteiger partial charge in [-0.2, -0.15) is 5.10 Å². The largest absolute Gasteiger partial charge is 0.497 e. The molecule has 0 saturated carbocycles. The Hall–Kier alpha value is -4.15. The number of rotatable bonds is 8. The Morgan fingerprint density at radius 2 is 1.84 bits per heavy atom. The number of methoxy groups -OCH3 is 1. The van der Waals surface area contributed by atoms with Crippen molar-refractivity contribution < 1.29 is 29.3 Å². The van der Waals surface area contributed by atoms with Gasteiger partial charge in [0.25, 0.3) is 5.91 Å². The van der Waals surface area contributed by atoms with E-state index in [2.05, 4.69) is 20.4 Å². The highest BCUT2D eigenvalue weighted by Gasteiger charge is 2.22. The number of carbonyl (C=O) groups excluding carboxylic acids is 1. The predicted molar refractivity (Wildman–Crippen MR) is 138 cm³/mol. The summed E-state index contributed by atoms with van der Waals surface area (Å²) in [7, 11) is 1.64. The van der Waals surface area contributed by atoms with Crippen molar-refractivity contribution in [3.05, 3.63) is 71.8 Å². The summed E-state index contributed by atoms with van der Waals surface area (Å²) in [5.74, 6) is 0.534. The summed E-state index contributed by atoms with van der Waals surface area (Å²) >= 11 is 0. The fourth-order valence-electron chi connectivity index (χ4n) is 4.62. The van der Waals surface area contributed by atoms with Crippen molar-refractivity contribution in [1.82, 2.24) is 20.4 Å².